The molecule has 1 unspecified atom stereocenters. The average Bonchev–Trinajstić information content (AvgIpc) is 2.83. The Morgan fingerprint density at radius 2 is 1.21 bits per heavy atom. The molecule has 0 amide bonds. The van der Waals surface area contributed by atoms with Gasteiger partial charge in [0.25, 0.3) is 0 Å². The molecule has 1 N–H and O–H groups in total. The predicted molar refractivity (Wildman–Crippen MR) is 145 cm³/mol. The second-order valence-corrected chi connectivity index (χ2v) is 10.1. The van der Waals surface area contributed by atoms with Crippen LogP contribution in [0, 0.1) is 0 Å². The van der Waals surface area contributed by atoms with E-state index in [-0.39, 0.29) is 0 Å². The molecule has 1 rings (SSSR count). The van der Waals surface area contributed by atoms with Crippen LogP contribution in [0.25, 0.3) is 0 Å². The lowest BCUT2D eigenvalue weighted by atomic mass is 9.91. The number of aliphatic hydroxyl groups is 1. The third kappa shape index (κ3) is 17.9. The molecule has 0 spiro atoms. The van der Waals surface area contributed by atoms with Crippen molar-refractivity contribution in [3.63, 3.8) is 0 Å². The minimum Gasteiger partial charge on any atom is -0.387 e. The molecule has 0 bridgehead atoms. The van der Waals surface area contributed by atoms with Gasteiger partial charge in [-0.05, 0) is 24.8 Å². The molecule has 190 valence electrons. The Hall–Kier alpha value is -1.12. The fourth-order valence-corrected chi connectivity index (χ4v) is 4.58. The maximum atomic E-state index is 11.1. The summed E-state index contributed by atoms with van der Waals surface area (Å²) in [5.41, 5.74) is 0.435. The van der Waals surface area contributed by atoms with Gasteiger partial charge in [-0.25, -0.2) is 0 Å². The number of benzene rings is 1. The number of unbranched alkanes of at least 4 members (excludes halogenated alkanes) is 15. The van der Waals surface area contributed by atoms with Gasteiger partial charge >= 0.3 is 0 Å². The van der Waals surface area contributed by atoms with Crippen molar-refractivity contribution in [3.8, 4) is 0 Å². The number of hydrogen-bond acceptors (Lipinski definition) is 2. The van der Waals surface area contributed by atoms with E-state index < -0.39 is 5.60 Å². The highest BCUT2D eigenvalue weighted by molar-refractivity contribution is 5.13. The Balaban J connectivity index is 1.99. The van der Waals surface area contributed by atoms with Crippen molar-refractivity contribution in [2.45, 2.75) is 141 Å². The van der Waals surface area contributed by atoms with Crippen molar-refractivity contribution >= 4 is 0 Å². The van der Waals surface area contributed by atoms with Crippen LogP contribution in [0.4, 0.5) is 0 Å². The lowest BCUT2D eigenvalue weighted by molar-refractivity contribution is -0.0627. The Labute approximate surface area is 206 Å². The van der Waals surface area contributed by atoms with Crippen LogP contribution in [0.1, 0.15) is 134 Å². The monoisotopic (exact) mass is 458 g/mol. The van der Waals surface area contributed by atoms with E-state index >= 15 is 0 Å². The molecule has 0 aliphatic carbocycles. The molecule has 0 heterocycles. The summed E-state index contributed by atoms with van der Waals surface area (Å²) >= 11 is 0. The van der Waals surface area contributed by atoms with E-state index in [1.165, 1.54) is 96.3 Å². The summed E-state index contributed by atoms with van der Waals surface area (Å²) in [5, 5.41) is 11.1. The maximum absolute atomic E-state index is 11.1. The SMILES string of the molecule is C=CCCC(O)(CCCCCCCCCCCCCCCCCC)COCc1ccccc1. The van der Waals surface area contributed by atoms with Crippen LogP contribution >= 0.6 is 0 Å². The van der Waals surface area contributed by atoms with Gasteiger partial charge in [-0.3, -0.25) is 0 Å². The molecule has 0 saturated heterocycles. The standard InChI is InChI=1S/C31H54O2/c1-3-5-7-8-9-10-11-12-13-14-15-16-17-18-19-23-27-31(32,26-6-4-2)29-33-28-30-24-21-20-22-25-30/h4,20-22,24-25,32H,2-3,5-19,23,26-29H2,1H3. The first-order valence-electron chi connectivity index (χ1n) is 14.1. The highest BCUT2D eigenvalue weighted by Crippen LogP contribution is 2.23. The van der Waals surface area contributed by atoms with Crippen LogP contribution in [0.2, 0.25) is 0 Å². The van der Waals surface area contributed by atoms with Crippen molar-refractivity contribution < 1.29 is 9.84 Å². The molecular weight excluding hydrogens is 404 g/mol. The summed E-state index contributed by atoms with van der Waals surface area (Å²) < 4.78 is 5.88. The van der Waals surface area contributed by atoms with Crippen molar-refractivity contribution in [3.05, 3.63) is 48.6 Å². The number of rotatable bonds is 24. The summed E-state index contributed by atoms with van der Waals surface area (Å²) in [4.78, 5) is 0. The van der Waals surface area contributed by atoms with Crippen LogP contribution in [-0.2, 0) is 11.3 Å². The highest BCUT2D eigenvalue weighted by Gasteiger charge is 2.25. The molecule has 1 aromatic rings. The summed E-state index contributed by atoms with van der Waals surface area (Å²) in [6.45, 7) is 7.08. The highest BCUT2D eigenvalue weighted by atomic mass is 16.5. The molecule has 0 fully saturated rings. The Bertz CT molecular complexity index is 541. The average molecular weight is 459 g/mol. The zero-order chi connectivity index (χ0) is 23.9. The topological polar surface area (TPSA) is 29.5 Å². The molecule has 33 heavy (non-hydrogen) atoms. The third-order valence-corrected chi connectivity index (χ3v) is 6.79. The second-order valence-electron chi connectivity index (χ2n) is 10.1. The van der Waals surface area contributed by atoms with Gasteiger partial charge in [0, 0.05) is 0 Å². The molecule has 0 aromatic heterocycles. The van der Waals surface area contributed by atoms with Gasteiger partial charge in [-0.2, -0.15) is 0 Å². The lowest BCUT2D eigenvalue weighted by Crippen LogP contribution is -2.34. The van der Waals surface area contributed by atoms with Gasteiger partial charge < -0.3 is 9.84 Å². The van der Waals surface area contributed by atoms with Crippen molar-refractivity contribution in [2.75, 3.05) is 6.61 Å². The van der Waals surface area contributed by atoms with E-state index in [9.17, 15) is 5.11 Å². The van der Waals surface area contributed by atoms with Crippen LogP contribution in [0.5, 0.6) is 0 Å². The molecule has 0 saturated carbocycles. The van der Waals surface area contributed by atoms with Gasteiger partial charge in [0.1, 0.15) is 0 Å². The van der Waals surface area contributed by atoms with Crippen molar-refractivity contribution in [1.82, 2.24) is 0 Å². The largest absolute Gasteiger partial charge is 0.387 e. The Kier molecular flexibility index (Phi) is 19.4. The van der Waals surface area contributed by atoms with E-state index in [4.69, 9.17) is 4.74 Å². The normalized spacial score (nSPS) is 13.2. The predicted octanol–water partition coefficient (Wildman–Crippen LogP) is 9.55. The van der Waals surface area contributed by atoms with Gasteiger partial charge in [-0.15, -0.1) is 6.58 Å². The Morgan fingerprint density at radius 3 is 1.70 bits per heavy atom. The first kappa shape index (κ1) is 29.9. The summed E-state index contributed by atoms with van der Waals surface area (Å²) in [7, 11) is 0. The quantitative estimate of drug-likeness (QED) is 0.123. The zero-order valence-corrected chi connectivity index (χ0v) is 21.9. The second kappa shape index (κ2) is 21.4. The third-order valence-electron chi connectivity index (χ3n) is 6.79. The molecule has 2 nitrogen and oxygen atoms in total. The summed E-state index contributed by atoms with van der Waals surface area (Å²) in [5.74, 6) is 0. The van der Waals surface area contributed by atoms with E-state index in [1.807, 2.05) is 24.3 Å². The smallest absolute Gasteiger partial charge is 0.0883 e. The summed E-state index contributed by atoms with van der Waals surface area (Å²) in [6, 6.07) is 10.2. The summed E-state index contributed by atoms with van der Waals surface area (Å²) in [6.07, 6.45) is 26.3. The molecule has 0 aliphatic rings. The van der Waals surface area contributed by atoms with Gasteiger partial charge in [0.05, 0.1) is 18.8 Å². The van der Waals surface area contributed by atoms with Crippen LogP contribution in [0.15, 0.2) is 43.0 Å². The molecule has 1 atom stereocenters. The molecular formula is C31H54O2. The van der Waals surface area contributed by atoms with Crippen LogP contribution in [0.3, 0.4) is 0 Å². The minimum atomic E-state index is -0.723. The van der Waals surface area contributed by atoms with Crippen LogP contribution < -0.4 is 0 Å². The van der Waals surface area contributed by atoms with E-state index in [1.54, 1.807) is 0 Å². The van der Waals surface area contributed by atoms with Gasteiger partial charge in [0.15, 0.2) is 0 Å². The first-order valence-corrected chi connectivity index (χ1v) is 14.1. The fraction of sp³-hybridized carbons (Fsp3) is 0.742. The van der Waals surface area contributed by atoms with E-state index in [2.05, 4.69) is 25.6 Å². The number of ether oxygens (including phenoxy) is 1. The van der Waals surface area contributed by atoms with Crippen molar-refractivity contribution in [1.29, 1.82) is 0 Å². The number of hydrogen-bond donors (Lipinski definition) is 1. The van der Waals surface area contributed by atoms with Gasteiger partial charge in [0.2, 0.25) is 0 Å². The lowest BCUT2D eigenvalue weighted by Gasteiger charge is -2.28. The minimum absolute atomic E-state index is 0.411. The van der Waals surface area contributed by atoms with E-state index in [0.717, 1.165) is 31.2 Å². The zero-order valence-electron chi connectivity index (χ0n) is 21.9. The van der Waals surface area contributed by atoms with E-state index in [0.29, 0.717) is 13.2 Å². The molecule has 1 aromatic carbocycles. The molecule has 0 aliphatic heterocycles. The van der Waals surface area contributed by atoms with Gasteiger partial charge in [-0.1, -0.05) is 146 Å². The molecule has 2 heteroatoms. The Morgan fingerprint density at radius 1 is 0.727 bits per heavy atom. The first-order chi connectivity index (χ1) is 16.2. The maximum Gasteiger partial charge on any atom is 0.0883 e. The molecule has 0 radical (unpaired) electrons. The van der Waals surface area contributed by atoms with Crippen molar-refractivity contribution in [2.24, 2.45) is 0 Å². The van der Waals surface area contributed by atoms with Crippen LogP contribution in [-0.4, -0.2) is 17.3 Å². The fourth-order valence-electron chi connectivity index (χ4n) is 4.58. The number of allylic oxidation sites excluding steroid dienone is 1.